The van der Waals surface area contributed by atoms with Gasteiger partial charge < -0.3 is 19.6 Å². The summed E-state index contributed by atoms with van der Waals surface area (Å²) in [5.41, 5.74) is 1.06. The predicted octanol–water partition coefficient (Wildman–Crippen LogP) is 2.64. The lowest BCUT2D eigenvalue weighted by atomic mass is 10.2. The maximum absolute atomic E-state index is 12.1. The van der Waals surface area contributed by atoms with Crippen LogP contribution in [0.5, 0.6) is 0 Å². The maximum Gasteiger partial charge on any atom is 0.371 e. The van der Waals surface area contributed by atoms with Gasteiger partial charge in [-0.25, -0.2) is 4.79 Å². The van der Waals surface area contributed by atoms with E-state index in [1.54, 1.807) is 18.2 Å². The Morgan fingerprint density at radius 1 is 1.29 bits per heavy atom. The van der Waals surface area contributed by atoms with Gasteiger partial charge in [0.2, 0.25) is 5.76 Å². The number of rotatable bonds is 3. The van der Waals surface area contributed by atoms with Crippen LogP contribution in [-0.4, -0.2) is 29.2 Å². The second-order valence-corrected chi connectivity index (χ2v) is 5.17. The van der Waals surface area contributed by atoms with Crippen LogP contribution in [0.1, 0.15) is 30.3 Å². The van der Waals surface area contributed by atoms with E-state index in [0.717, 1.165) is 6.42 Å². The number of hydrogen-bond acceptors (Lipinski definition) is 4. The van der Waals surface area contributed by atoms with Gasteiger partial charge in [-0.05, 0) is 44.0 Å². The smallest absolute Gasteiger partial charge is 0.371 e. The fraction of sp³-hybridized carbons (Fsp3) is 0.333. The van der Waals surface area contributed by atoms with E-state index in [0.29, 0.717) is 23.1 Å². The first kappa shape index (κ1) is 13.6. The lowest BCUT2D eigenvalue weighted by molar-refractivity contribution is -0.126. The first-order valence-electron chi connectivity index (χ1n) is 6.76. The summed E-state index contributed by atoms with van der Waals surface area (Å²) < 4.78 is 10.7. The minimum Gasteiger partial charge on any atom is -0.475 e. The zero-order chi connectivity index (χ0) is 15.0. The van der Waals surface area contributed by atoms with Crippen molar-refractivity contribution in [1.29, 1.82) is 0 Å². The van der Waals surface area contributed by atoms with Crippen molar-refractivity contribution in [2.24, 2.45) is 0 Å². The number of benzene rings is 1. The molecule has 1 aliphatic rings. The molecule has 2 atom stereocenters. The van der Waals surface area contributed by atoms with Crippen LogP contribution in [0.4, 0.5) is 5.69 Å². The molecule has 0 saturated carbocycles. The zero-order valence-corrected chi connectivity index (χ0v) is 11.5. The first-order valence-corrected chi connectivity index (χ1v) is 6.76. The van der Waals surface area contributed by atoms with Gasteiger partial charge in [0, 0.05) is 11.1 Å². The molecule has 0 bridgehead atoms. The van der Waals surface area contributed by atoms with Gasteiger partial charge >= 0.3 is 5.97 Å². The lowest BCUT2D eigenvalue weighted by Crippen LogP contribution is -2.27. The van der Waals surface area contributed by atoms with Crippen LogP contribution in [0.25, 0.3) is 11.0 Å². The standard InChI is InChI=1S/C15H15NO5/c1-8-2-4-12(20-8)14(17)16-10-3-5-11-9(6-10)7-13(21-11)15(18)19/h3,5-8,12H,2,4H2,1H3,(H,16,17)(H,18,19). The molecule has 1 saturated heterocycles. The minimum atomic E-state index is -1.12. The van der Waals surface area contributed by atoms with Crippen molar-refractivity contribution in [3.05, 3.63) is 30.0 Å². The first-order chi connectivity index (χ1) is 10.0. The summed E-state index contributed by atoms with van der Waals surface area (Å²) in [4.78, 5) is 22.9. The molecule has 21 heavy (non-hydrogen) atoms. The number of nitrogens with one attached hydrogen (secondary N) is 1. The van der Waals surface area contributed by atoms with Crippen molar-refractivity contribution in [3.8, 4) is 0 Å². The Balaban J connectivity index is 1.78. The Kier molecular flexibility index (Phi) is 3.39. The van der Waals surface area contributed by atoms with Crippen molar-refractivity contribution in [2.45, 2.75) is 32.0 Å². The van der Waals surface area contributed by atoms with Crippen molar-refractivity contribution in [2.75, 3.05) is 5.32 Å². The summed E-state index contributed by atoms with van der Waals surface area (Å²) in [5, 5.41) is 12.3. The van der Waals surface area contributed by atoms with Gasteiger partial charge in [0.15, 0.2) is 0 Å². The SMILES string of the molecule is CC1CCC(C(=O)Nc2ccc3oc(C(=O)O)cc3c2)O1. The molecule has 0 aliphatic carbocycles. The lowest BCUT2D eigenvalue weighted by Gasteiger charge is -2.11. The third-order valence-electron chi connectivity index (χ3n) is 3.52. The average Bonchev–Trinajstić information content (AvgIpc) is 3.04. The molecular weight excluding hydrogens is 274 g/mol. The monoisotopic (exact) mass is 289 g/mol. The van der Waals surface area contributed by atoms with Crippen molar-refractivity contribution >= 4 is 28.5 Å². The number of fused-ring (bicyclic) bond motifs is 1. The molecule has 1 aromatic heterocycles. The van der Waals surface area contributed by atoms with Crippen LogP contribution in [0.3, 0.4) is 0 Å². The van der Waals surface area contributed by atoms with Crippen LogP contribution >= 0.6 is 0 Å². The highest BCUT2D eigenvalue weighted by Gasteiger charge is 2.28. The number of furan rings is 1. The number of carboxylic acids is 1. The fourth-order valence-corrected chi connectivity index (χ4v) is 2.44. The molecular formula is C15H15NO5. The second kappa shape index (κ2) is 5.21. The third-order valence-corrected chi connectivity index (χ3v) is 3.52. The number of aromatic carboxylic acids is 1. The number of carbonyl (C=O) groups excluding carboxylic acids is 1. The van der Waals surface area contributed by atoms with Gasteiger partial charge in [0.05, 0.1) is 6.10 Å². The number of amides is 1. The van der Waals surface area contributed by atoms with E-state index in [4.69, 9.17) is 14.3 Å². The van der Waals surface area contributed by atoms with E-state index in [-0.39, 0.29) is 17.8 Å². The summed E-state index contributed by atoms with van der Waals surface area (Å²) in [6.07, 6.45) is 1.27. The summed E-state index contributed by atoms with van der Waals surface area (Å²) in [5.74, 6) is -1.42. The Labute approximate surface area is 120 Å². The number of ether oxygens (including phenoxy) is 1. The molecule has 6 nitrogen and oxygen atoms in total. The molecule has 0 spiro atoms. The highest BCUT2D eigenvalue weighted by molar-refractivity contribution is 5.97. The van der Waals surface area contributed by atoms with E-state index in [1.807, 2.05) is 6.92 Å². The number of carboxylic acid groups (broad SMARTS) is 1. The van der Waals surface area contributed by atoms with E-state index in [9.17, 15) is 9.59 Å². The highest BCUT2D eigenvalue weighted by atomic mass is 16.5. The molecule has 2 N–H and O–H groups in total. The fourth-order valence-electron chi connectivity index (χ4n) is 2.44. The predicted molar refractivity (Wildman–Crippen MR) is 75.4 cm³/mol. The Bertz CT molecular complexity index is 705. The van der Waals surface area contributed by atoms with Crippen molar-refractivity contribution < 1.29 is 23.8 Å². The molecule has 1 aromatic carbocycles. The zero-order valence-electron chi connectivity index (χ0n) is 11.5. The average molecular weight is 289 g/mol. The molecule has 2 unspecified atom stereocenters. The molecule has 0 radical (unpaired) electrons. The van der Waals surface area contributed by atoms with Crippen molar-refractivity contribution in [3.63, 3.8) is 0 Å². The van der Waals surface area contributed by atoms with E-state index in [2.05, 4.69) is 5.32 Å². The molecule has 2 heterocycles. The van der Waals surface area contributed by atoms with Crippen LogP contribution in [0, 0.1) is 0 Å². The number of anilines is 1. The molecule has 1 amide bonds. The molecule has 110 valence electrons. The maximum atomic E-state index is 12.1. The summed E-state index contributed by atoms with van der Waals surface area (Å²) in [6, 6.07) is 6.42. The molecule has 2 aromatic rings. The minimum absolute atomic E-state index is 0.107. The van der Waals surface area contributed by atoms with Gasteiger partial charge in [0.25, 0.3) is 5.91 Å². The highest BCUT2D eigenvalue weighted by Crippen LogP contribution is 2.25. The third kappa shape index (κ3) is 2.75. The Hall–Kier alpha value is -2.34. The van der Waals surface area contributed by atoms with Gasteiger partial charge in [-0.15, -0.1) is 0 Å². The number of hydrogen-bond donors (Lipinski definition) is 2. The van der Waals surface area contributed by atoms with E-state index in [1.165, 1.54) is 6.07 Å². The number of carbonyl (C=O) groups is 2. The molecule has 6 heteroatoms. The van der Waals surface area contributed by atoms with Crippen LogP contribution in [0.2, 0.25) is 0 Å². The topological polar surface area (TPSA) is 88.8 Å². The van der Waals surface area contributed by atoms with Crippen molar-refractivity contribution in [1.82, 2.24) is 0 Å². The van der Waals surface area contributed by atoms with Crippen LogP contribution < -0.4 is 5.32 Å². The molecule has 1 fully saturated rings. The Morgan fingerprint density at radius 3 is 2.76 bits per heavy atom. The van der Waals surface area contributed by atoms with Gasteiger partial charge in [-0.1, -0.05) is 0 Å². The van der Waals surface area contributed by atoms with Gasteiger partial charge in [0.1, 0.15) is 11.7 Å². The van der Waals surface area contributed by atoms with Crippen LogP contribution in [0.15, 0.2) is 28.7 Å². The Morgan fingerprint density at radius 2 is 2.10 bits per heavy atom. The van der Waals surface area contributed by atoms with Gasteiger partial charge in [-0.3, -0.25) is 4.79 Å². The molecule has 3 rings (SSSR count). The summed E-state index contributed by atoms with van der Waals surface area (Å²) in [7, 11) is 0. The second-order valence-electron chi connectivity index (χ2n) is 5.17. The largest absolute Gasteiger partial charge is 0.475 e. The quantitative estimate of drug-likeness (QED) is 0.906. The van der Waals surface area contributed by atoms with Crippen LogP contribution in [-0.2, 0) is 9.53 Å². The summed E-state index contributed by atoms with van der Waals surface area (Å²) in [6.45, 7) is 1.94. The van der Waals surface area contributed by atoms with Gasteiger partial charge in [-0.2, -0.15) is 0 Å². The summed E-state index contributed by atoms with van der Waals surface area (Å²) >= 11 is 0. The van der Waals surface area contributed by atoms with E-state index >= 15 is 0 Å². The normalized spacial score (nSPS) is 21.6. The van der Waals surface area contributed by atoms with E-state index < -0.39 is 12.1 Å². The molecule has 1 aliphatic heterocycles.